The van der Waals surface area contributed by atoms with Gasteiger partial charge in [-0.25, -0.2) is 14.2 Å². The molecule has 0 amide bonds. The van der Waals surface area contributed by atoms with Crippen LogP contribution in [0.5, 0.6) is 0 Å². The molecule has 2 aliphatic heterocycles. The minimum absolute atomic E-state index is 0.0459. The zero-order valence-electron chi connectivity index (χ0n) is 14.3. The maximum absolute atomic E-state index is 13.2. The quantitative estimate of drug-likeness (QED) is 0.551. The molecule has 136 valence electrons. The van der Waals surface area contributed by atoms with Crippen LogP contribution in [-0.4, -0.2) is 19.5 Å². The molecule has 27 heavy (non-hydrogen) atoms. The second-order valence-electron chi connectivity index (χ2n) is 6.15. The molecule has 0 radical (unpaired) electrons. The summed E-state index contributed by atoms with van der Waals surface area (Å²) < 4.78 is 15.0. The van der Waals surface area contributed by atoms with Gasteiger partial charge in [0.15, 0.2) is 11.5 Å². The van der Waals surface area contributed by atoms with Crippen molar-refractivity contribution < 1.29 is 4.39 Å². The lowest BCUT2D eigenvalue weighted by molar-refractivity contribution is 0.626. The first-order chi connectivity index (χ1) is 13.0. The van der Waals surface area contributed by atoms with E-state index >= 15 is 0 Å². The Labute approximate surface area is 157 Å². The molecule has 0 saturated heterocycles. The molecule has 0 bridgehead atoms. The van der Waals surface area contributed by atoms with Gasteiger partial charge < -0.3 is 4.57 Å². The number of fused-ring (bicyclic) bond motifs is 2. The monoisotopic (exact) mass is 384 g/mol. The number of aromatic nitrogens is 4. The van der Waals surface area contributed by atoms with E-state index in [1.807, 2.05) is 13.0 Å². The van der Waals surface area contributed by atoms with Gasteiger partial charge in [0.25, 0.3) is 5.56 Å². The smallest absolute Gasteiger partial charge is 0.318 e. The fraction of sp³-hybridized carbons (Fsp3) is 0.158. The van der Waals surface area contributed by atoms with Gasteiger partial charge in [-0.3, -0.25) is 9.78 Å². The van der Waals surface area contributed by atoms with Crippen LogP contribution in [0, 0.1) is 5.82 Å². The molecule has 0 unspecified atom stereocenters. The summed E-state index contributed by atoms with van der Waals surface area (Å²) >= 11 is 6.31. The molecule has 6 nitrogen and oxygen atoms in total. The number of benzene rings is 2. The van der Waals surface area contributed by atoms with Crippen LogP contribution in [0.15, 0.2) is 46.0 Å². The first-order valence-electron chi connectivity index (χ1n) is 8.33. The second kappa shape index (κ2) is 6.59. The molecular formula is C19H14ClFN4O2. The van der Waals surface area contributed by atoms with E-state index < -0.39 is 11.2 Å². The Balaban J connectivity index is 2.08. The average Bonchev–Trinajstić information content (AvgIpc) is 2.63. The summed E-state index contributed by atoms with van der Waals surface area (Å²) in [6.07, 6.45) is 0.707. The number of aryl methyl sites for hydroxylation is 1. The molecule has 2 heterocycles. The molecule has 2 aromatic carbocycles. The second-order valence-corrected chi connectivity index (χ2v) is 6.56. The summed E-state index contributed by atoms with van der Waals surface area (Å²) in [4.78, 5) is 34.5. The Morgan fingerprint density at radius 3 is 2.59 bits per heavy atom. The van der Waals surface area contributed by atoms with Crippen LogP contribution >= 0.6 is 11.6 Å². The number of nitrogens with zero attached hydrogens (tertiary/aromatic N) is 3. The molecule has 0 fully saturated rings. The summed E-state index contributed by atoms with van der Waals surface area (Å²) in [5.74, 6) is -0.172. The number of halogens is 2. The van der Waals surface area contributed by atoms with E-state index in [9.17, 15) is 14.0 Å². The summed E-state index contributed by atoms with van der Waals surface area (Å²) in [6, 6.07) is 9.57. The fourth-order valence-electron chi connectivity index (χ4n) is 3.06. The zero-order valence-corrected chi connectivity index (χ0v) is 15.0. The zero-order chi connectivity index (χ0) is 19.1. The van der Waals surface area contributed by atoms with Crippen molar-refractivity contribution in [1.82, 2.24) is 19.5 Å². The van der Waals surface area contributed by atoms with Crippen LogP contribution < -0.4 is 11.2 Å². The topological polar surface area (TPSA) is 80.6 Å². The van der Waals surface area contributed by atoms with Crippen LogP contribution in [-0.2, 0) is 13.0 Å². The number of H-pyrrole nitrogens is 1. The highest BCUT2D eigenvalue weighted by Crippen LogP contribution is 2.27. The summed E-state index contributed by atoms with van der Waals surface area (Å²) in [5.41, 5.74) is 1.58. The van der Waals surface area contributed by atoms with Gasteiger partial charge >= 0.3 is 5.69 Å². The van der Waals surface area contributed by atoms with Gasteiger partial charge in [-0.1, -0.05) is 30.7 Å². The maximum atomic E-state index is 13.2. The Morgan fingerprint density at radius 2 is 1.89 bits per heavy atom. The number of hydrogen-bond acceptors (Lipinski definition) is 4. The molecular weight excluding hydrogens is 371 g/mol. The highest BCUT2D eigenvalue weighted by atomic mass is 35.5. The molecule has 4 rings (SSSR count). The van der Waals surface area contributed by atoms with E-state index in [0.717, 1.165) is 11.1 Å². The van der Waals surface area contributed by atoms with Gasteiger partial charge in [-0.15, -0.1) is 0 Å². The molecule has 1 N–H and O–H groups in total. The van der Waals surface area contributed by atoms with Crippen molar-refractivity contribution in [2.75, 3.05) is 0 Å². The molecule has 0 aromatic heterocycles. The van der Waals surface area contributed by atoms with Crippen molar-refractivity contribution in [1.29, 1.82) is 0 Å². The molecule has 2 aromatic rings. The van der Waals surface area contributed by atoms with Gasteiger partial charge in [0, 0.05) is 11.6 Å². The van der Waals surface area contributed by atoms with Crippen LogP contribution in [0.2, 0.25) is 5.02 Å². The van der Waals surface area contributed by atoms with Crippen LogP contribution in [0.1, 0.15) is 18.1 Å². The predicted molar refractivity (Wildman–Crippen MR) is 101 cm³/mol. The minimum atomic E-state index is -0.744. The molecule has 0 atom stereocenters. The third-order valence-electron chi connectivity index (χ3n) is 4.41. The van der Waals surface area contributed by atoms with Crippen LogP contribution in [0.4, 0.5) is 4.39 Å². The lowest BCUT2D eigenvalue weighted by atomic mass is 10.1. The number of aromatic amines is 1. The van der Waals surface area contributed by atoms with Gasteiger partial charge in [-0.2, -0.15) is 4.98 Å². The largest absolute Gasteiger partial charge is 0.349 e. The van der Waals surface area contributed by atoms with E-state index in [1.54, 1.807) is 22.8 Å². The van der Waals surface area contributed by atoms with E-state index in [-0.39, 0.29) is 23.9 Å². The van der Waals surface area contributed by atoms with E-state index in [1.165, 1.54) is 12.1 Å². The van der Waals surface area contributed by atoms with Crippen molar-refractivity contribution >= 4 is 22.6 Å². The van der Waals surface area contributed by atoms with Gasteiger partial charge in [0.2, 0.25) is 0 Å². The molecule has 0 spiro atoms. The molecule has 2 aliphatic rings. The molecule has 0 aliphatic carbocycles. The summed E-state index contributed by atoms with van der Waals surface area (Å²) in [5, 5.41) is 0.551. The minimum Gasteiger partial charge on any atom is -0.318 e. The molecule has 8 heteroatoms. The Bertz CT molecular complexity index is 1250. The average molecular weight is 385 g/mol. The number of nitrogens with one attached hydrogen (secondary N) is 1. The van der Waals surface area contributed by atoms with E-state index in [4.69, 9.17) is 11.6 Å². The number of rotatable bonds is 3. The van der Waals surface area contributed by atoms with Crippen molar-refractivity contribution in [2.24, 2.45) is 0 Å². The normalized spacial score (nSPS) is 11.4. The summed E-state index contributed by atoms with van der Waals surface area (Å²) in [6.45, 7) is 2.26. The molecule has 0 saturated carbocycles. The standard InChI is InChI=1S/C19H14ClFN4O2/c1-2-11-7-15-14(8-13(11)20)22-16-17(23-19(27)24-18(16)26)25(15)9-10-3-5-12(21)6-4-10/h3-8H,2,9H2,1H3,(H,24,26,27). The third-order valence-corrected chi connectivity index (χ3v) is 4.76. The highest BCUT2D eigenvalue weighted by molar-refractivity contribution is 6.32. The van der Waals surface area contributed by atoms with Crippen LogP contribution in [0.3, 0.4) is 0 Å². The van der Waals surface area contributed by atoms with Crippen molar-refractivity contribution in [3.63, 3.8) is 0 Å². The van der Waals surface area contributed by atoms with Crippen molar-refractivity contribution in [3.05, 3.63) is 79.2 Å². The van der Waals surface area contributed by atoms with Gasteiger partial charge in [0.1, 0.15) is 5.82 Å². The van der Waals surface area contributed by atoms with Crippen LogP contribution in [0.25, 0.3) is 22.6 Å². The maximum Gasteiger partial charge on any atom is 0.349 e. The van der Waals surface area contributed by atoms with Crippen molar-refractivity contribution in [2.45, 2.75) is 19.9 Å². The van der Waals surface area contributed by atoms with E-state index in [2.05, 4.69) is 15.0 Å². The van der Waals surface area contributed by atoms with Crippen molar-refractivity contribution in [3.8, 4) is 11.5 Å². The highest BCUT2D eigenvalue weighted by Gasteiger charge is 2.19. The predicted octanol–water partition coefficient (Wildman–Crippen LogP) is 2.99. The fourth-order valence-corrected chi connectivity index (χ4v) is 3.35. The first kappa shape index (κ1) is 17.4. The third kappa shape index (κ3) is 3.10. The number of hydrogen-bond donors (Lipinski definition) is 1. The lowest BCUT2D eigenvalue weighted by Crippen LogP contribution is -2.29. The van der Waals surface area contributed by atoms with Gasteiger partial charge in [0.05, 0.1) is 11.0 Å². The van der Waals surface area contributed by atoms with E-state index in [0.29, 0.717) is 22.5 Å². The first-order valence-corrected chi connectivity index (χ1v) is 8.71. The Hall–Kier alpha value is -3.06. The summed E-state index contributed by atoms with van der Waals surface area (Å²) in [7, 11) is 0. The van der Waals surface area contributed by atoms with Gasteiger partial charge in [-0.05, 0) is 41.8 Å². The Kier molecular flexibility index (Phi) is 4.24. The lowest BCUT2D eigenvalue weighted by Gasteiger charge is -2.18. The SMILES string of the molecule is CCc1cc2c(cc1Cl)nc1c(=O)[nH]c(=O)nc-1n2Cc1ccc(F)cc1. The Morgan fingerprint density at radius 1 is 1.15 bits per heavy atom.